The van der Waals surface area contributed by atoms with Gasteiger partial charge in [-0.3, -0.25) is 9.69 Å². The number of hydrogen-bond donors (Lipinski definition) is 3. The first kappa shape index (κ1) is 34.6. The van der Waals surface area contributed by atoms with Crippen LogP contribution in [0.2, 0.25) is 5.02 Å². The number of carboxylic acids is 1. The van der Waals surface area contributed by atoms with E-state index in [0.29, 0.717) is 22.2 Å². The molecule has 244 valence electrons. The second-order valence-corrected chi connectivity index (χ2v) is 13.2. The van der Waals surface area contributed by atoms with Crippen LogP contribution < -0.4 is 15.5 Å². The molecular weight excluding hydrogens is 612 g/mol. The number of nitrogens with zero attached hydrogens (tertiary/aromatic N) is 1. The van der Waals surface area contributed by atoms with Crippen molar-refractivity contribution in [2.24, 2.45) is 11.3 Å². The Labute approximate surface area is 273 Å². The molecule has 1 aliphatic carbocycles. The van der Waals surface area contributed by atoms with Crippen molar-refractivity contribution in [3.05, 3.63) is 106 Å². The van der Waals surface area contributed by atoms with Crippen LogP contribution in [0.15, 0.2) is 78.9 Å². The van der Waals surface area contributed by atoms with Gasteiger partial charge in [-0.2, -0.15) is 8.78 Å². The lowest BCUT2D eigenvalue weighted by atomic mass is 9.72. The van der Waals surface area contributed by atoms with Gasteiger partial charge in [0.2, 0.25) is 0 Å². The lowest BCUT2D eigenvalue weighted by Crippen LogP contribution is -2.42. The summed E-state index contributed by atoms with van der Waals surface area (Å²) in [6, 6.07) is 20.6. The number of carbonyl (C=O) groups is 3. The van der Waals surface area contributed by atoms with Crippen LogP contribution in [0.1, 0.15) is 80.0 Å². The molecule has 4 rings (SSSR count). The van der Waals surface area contributed by atoms with E-state index in [1.807, 2.05) is 48.6 Å². The molecule has 3 amide bonds. The standard InChI is InChI=1S/C36H40ClF2N3O4/c1-23(25-11-17-30(37)18-12-25)41-34(46)42(21-24-5-7-28(8-6-24)32(43)40-22-36(38,39)33(44)45)31-19-13-27(14-20-31)26-9-15-29(16-10-26)35(2,3)4/h5-9,11-14,17-20,23,29H,10,15-16,21-22H2,1-4H3,(H,40,43)(H,41,46)(H,44,45)/t23-,29?/m0/s1. The Morgan fingerprint density at radius 1 is 0.978 bits per heavy atom. The van der Waals surface area contributed by atoms with Gasteiger partial charge in [0, 0.05) is 16.3 Å². The molecule has 0 bridgehead atoms. The largest absolute Gasteiger partial charge is 0.477 e. The number of anilines is 1. The van der Waals surface area contributed by atoms with Crippen molar-refractivity contribution in [2.45, 2.75) is 65.5 Å². The summed E-state index contributed by atoms with van der Waals surface area (Å²) in [4.78, 5) is 38.3. The lowest BCUT2D eigenvalue weighted by molar-refractivity contribution is -0.163. The number of carboxylic acid groups (broad SMARTS) is 1. The van der Waals surface area contributed by atoms with Crippen LogP contribution in [-0.2, 0) is 11.3 Å². The van der Waals surface area contributed by atoms with Gasteiger partial charge in [0.05, 0.1) is 19.1 Å². The molecule has 3 aromatic rings. The van der Waals surface area contributed by atoms with Crippen molar-refractivity contribution >= 4 is 40.8 Å². The summed E-state index contributed by atoms with van der Waals surface area (Å²) in [6.45, 7) is 7.56. The van der Waals surface area contributed by atoms with E-state index in [2.05, 4.69) is 32.2 Å². The number of aliphatic carboxylic acids is 1. The SMILES string of the molecule is C[C@H](NC(=O)N(Cc1ccc(C(=O)NCC(F)(F)C(=O)O)cc1)c1ccc(C2=CCC(C(C)(C)C)CC2)cc1)c1ccc(Cl)cc1. The fraction of sp³-hybridized carbons (Fsp3) is 0.361. The summed E-state index contributed by atoms with van der Waals surface area (Å²) in [5, 5.41) is 14.2. The molecule has 3 N–H and O–H groups in total. The Morgan fingerprint density at radius 3 is 2.15 bits per heavy atom. The highest BCUT2D eigenvalue weighted by molar-refractivity contribution is 6.30. The second-order valence-electron chi connectivity index (χ2n) is 12.8. The van der Waals surface area contributed by atoms with Gasteiger partial charge in [-0.1, -0.05) is 74.8 Å². The van der Waals surface area contributed by atoms with Gasteiger partial charge in [-0.15, -0.1) is 0 Å². The van der Waals surface area contributed by atoms with Crippen molar-refractivity contribution in [3.8, 4) is 0 Å². The molecule has 0 saturated heterocycles. The van der Waals surface area contributed by atoms with Gasteiger partial charge < -0.3 is 15.7 Å². The van der Waals surface area contributed by atoms with Crippen LogP contribution in [0.25, 0.3) is 5.57 Å². The summed E-state index contributed by atoms with van der Waals surface area (Å²) in [5.41, 5.74) is 5.01. The quantitative estimate of drug-likeness (QED) is 0.205. The molecule has 10 heteroatoms. The topological polar surface area (TPSA) is 98.7 Å². The first-order valence-corrected chi connectivity index (χ1v) is 15.6. The number of allylic oxidation sites excluding steroid dienone is 2. The molecule has 0 heterocycles. The minimum Gasteiger partial charge on any atom is -0.477 e. The molecule has 7 nitrogen and oxygen atoms in total. The minimum absolute atomic E-state index is 0.0797. The first-order chi connectivity index (χ1) is 21.6. The number of nitrogens with one attached hydrogen (secondary N) is 2. The summed E-state index contributed by atoms with van der Waals surface area (Å²) in [6.07, 6.45) is 5.49. The summed E-state index contributed by atoms with van der Waals surface area (Å²) < 4.78 is 26.8. The number of halogens is 3. The molecule has 0 fully saturated rings. The van der Waals surface area contributed by atoms with E-state index >= 15 is 0 Å². The highest BCUT2D eigenvalue weighted by Gasteiger charge is 2.39. The highest BCUT2D eigenvalue weighted by Crippen LogP contribution is 2.40. The molecule has 3 aromatic carbocycles. The van der Waals surface area contributed by atoms with Gasteiger partial charge in [0.15, 0.2) is 0 Å². The third-order valence-electron chi connectivity index (χ3n) is 8.48. The fourth-order valence-corrected chi connectivity index (χ4v) is 5.56. The molecule has 0 saturated carbocycles. The van der Waals surface area contributed by atoms with Gasteiger partial charge >= 0.3 is 17.9 Å². The average molecular weight is 652 g/mol. The van der Waals surface area contributed by atoms with Gasteiger partial charge in [-0.05, 0) is 96.2 Å². The Kier molecular flexibility index (Phi) is 10.9. The number of amides is 3. The smallest absolute Gasteiger partial charge is 0.376 e. The van der Waals surface area contributed by atoms with E-state index in [4.69, 9.17) is 16.7 Å². The van der Waals surface area contributed by atoms with Crippen molar-refractivity contribution < 1.29 is 28.3 Å². The normalized spacial score (nSPS) is 15.8. The zero-order valence-electron chi connectivity index (χ0n) is 26.4. The van der Waals surface area contributed by atoms with E-state index in [-0.39, 0.29) is 29.6 Å². The van der Waals surface area contributed by atoms with Crippen molar-refractivity contribution in [3.63, 3.8) is 0 Å². The second kappa shape index (κ2) is 14.5. The molecule has 2 atom stereocenters. The van der Waals surface area contributed by atoms with E-state index in [1.165, 1.54) is 17.7 Å². The molecule has 0 radical (unpaired) electrons. The molecule has 0 aliphatic heterocycles. The summed E-state index contributed by atoms with van der Waals surface area (Å²) >= 11 is 6.04. The number of urea groups is 1. The molecule has 1 unspecified atom stereocenters. The fourth-order valence-electron chi connectivity index (χ4n) is 5.43. The minimum atomic E-state index is -4.08. The third-order valence-corrected chi connectivity index (χ3v) is 8.73. The number of carbonyl (C=O) groups excluding carboxylic acids is 2. The van der Waals surface area contributed by atoms with E-state index in [0.717, 1.165) is 30.4 Å². The van der Waals surface area contributed by atoms with Crippen LogP contribution in [0.4, 0.5) is 19.3 Å². The maximum absolute atomic E-state index is 13.7. The maximum atomic E-state index is 13.7. The number of alkyl halides is 2. The predicted octanol–water partition coefficient (Wildman–Crippen LogP) is 8.50. The van der Waals surface area contributed by atoms with E-state index < -0.39 is 24.3 Å². The third kappa shape index (κ3) is 8.94. The average Bonchev–Trinajstić information content (AvgIpc) is 3.02. The van der Waals surface area contributed by atoms with Crippen LogP contribution in [0.5, 0.6) is 0 Å². The molecular formula is C36H40ClF2N3O4. The van der Waals surface area contributed by atoms with Crippen LogP contribution in [-0.4, -0.2) is 35.5 Å². The molecule has 1 aliphatic rings. The predicted molar refractivity (Wildman–Crippen MR) is 177 cm³/mol. The van der Waals surface area contributed by atoms with Crippen molar-refractivity contribution in [1.82, 2.24) is 10.6 Å². The summed E-state index contributed by atoms with van der Waals surface area (Å²) in [7, 11) is 0. The van der Waals surface area contributed by atoms with Gasteiger partial charge in [-0.25, -0.2) is 9.59 Å². The van der Waals surface area contributed by atoms with Crippen LogP contribution in [0.3, 0.4) is 0 Å². The maximum Gasteiger partial charge on any atom is 0.376 e. The molecule has 0 aromatic heterocycles. The number of benzene rings is 3. The molecule has 0 spiro atoms. The zero-order chi connectivity index (χ0) is 33.6. The number of hydrogen-bond acceptors (Lipinski definition) is 3. The Hall–Kier alpha value is -4.24. The van der Waals surface area contributed by atoms with Crippen LogP contribution >= 0.6 is 11.6 Å². The van der Waals surface area contributed by atoms with Crippen molar-refractivity contribution in [1.29, 1.82) is 0 Å². The Bertz CT molecular complexity index is 1570. The lowest BCUT2D eigenvalue weighted by Gasteiger charge is -2.33. The highest BCUT2D eigenvalue weighted by atomic mass is 35.5. The monoisotopic (exact) mass is 651 g/mol. The van der Waals surface area contributed by atoms with Crippen LogP contribution in [0, 0.1) is 11.3 Å². The van der Waals surface area contributed by atoms with Gasteiger partial charge in [0.1, 0.15) is 0 Å². The Morgan fingerprint density at radius 2 is 1.61 bits per heavy atom. The Balaban J connectivity index is 1.53. The van der Waals surface area contributed by atoms with E-state index in [9.17, 15) is 23.2 Å². The molecule has 46 heavy (non-hydrogen) atoms. The van der Waals surface area contributed by atoms with Gasteiger partial charge in [0.25, 0.3) is 5.91 Å². The zero-order valence-corrected chi connectivity index (χ0v) is 27.2. The number of rotatable bonds is 10. The van der Waals surface area contributed by atoms with Crippen molar-refractivity contribution in [2.75, 3.05) is 11.4 Å². The summed E-state index contributed by atoms with van der Waals surface area (Å²) in [5.74, 6) is -6.59. The van der Waals surface area contributed by atoms with E-state index in [1.54, 1.807) is 29.2 Å². The first-order valence-electron chi connectivity index (χ1n) is 15.3.